The first-order chi connectivity index (χ1) is 11.1. The third-order valence-electron chi connectivity index (χ3n) is 3.64. The third-order valence-corrected chi connectivity index (χ3v) is 4.63. The van der Waals surface area contributed by atoms with E-state index in [9.17, 15) is 14.7 Å². The van der Waals surface area contributed by atoms with Crippen LogP contribution in [0.5, 0.6) is 11.5 Å². The summed E-state index contributed by atoms with van der Waals surface area (Å²) in [5.41, 5.74) is -1.18. The molecule has 126 valence electrons. The van der Waals surface area contributed by atoms with Crippen LogP contribution in [0.15, 0.2) is 24.3 Å². The minimum atomic E-state index is -1.18. The SMILES string of the molecule is CCOc1ccccc1OCC(=O)NC1(C(=O)O)CCSCC1. The number of carbonyl (C=O) groups excluding carboxylic acids is 1. The van der Waals surface area contributed by atoms with Crippen molar-refractivity contribution in [3.63, 3.8) is 0 Å². The van der Waals surface area contributed by atoms with Gasteiger partial charge in [0.05, 0.1) is 6.61 Å². The fourth-order valence-corrected chi connectivity index (χ4v) is 3.59. The second kappa shape index (κ2) is 8.10. The van der Waals surface area contributed by atoms with E-state index < -0.39 is 17.4 Å². The van der Waals surface area contributed by atoms with Gasteiger partial charge in [0.2, 0.25) is 0 Å². The number of hydrogen-bond acceptors (Lipinski definition) is 5. The molecule has 0 aromatic heterocycles. The Hall–Kier alpha value is -1.89. The Balaban J connectivity index is 1.95. The molecule has 1 aromatic carbocycles. The van der Waals surface area contributed by atoms with E-state index in [4.69, 9.17) is 9.47 Å². The number of carbonyl (C=O) groups is 2. The predicted molar refractivity (Wildman–Crippen MR) is 88.2 cm³/mol. The molecule has 7 heteroatoms. The summed E-state index contributed by atoms with van der Waals surface area (Å²) >= 11 is 1.70. The first-order valence-corrected chi connectivity index (χ1v) is 8.69. The number of ether oxygens (including phenoxy) is 2. The lowest BCUT2D eigenvalue weighted by Gasteiger charge is -2.33. The molecule has 0 radical (unpaired) electrons. The zero-order valence-corrected chi connectivity index (χ0v) is 13.9. The highest BCUT2D eigenvalue weighted by Crippen LogP contribution is 2.28. The highest BCUT2D eigenvalue weighted by Gasteiger charge is 2.41. The van der Waals surface area contributed by atoms with Crippen molar-refractivity contribution >= 4 is 23.6 Å². The van der Waals surface area contributed by atoms with Gasteiger partial charge in [-0.1, -0.05) is 12.1 Å². The molecule has 1 fully saturated rings. The molecular weight excluding hydrogens is 318 g/mol. The molecule has 1 saturated heterocycles. The highest BCUT2D eigenvalue weighted by atomic mass is 32.2. The first kappa shape index (κ1) is 17.5. The smallest absolute Gasteiger partial charge is 0.329 e. The minimum absolute atomic E-state index is 0.244. The molecule has 2 rings (SSSR count). The predicted octanol–water partition coefficient (Wildman–Crippen LogP) is 1.93. The lowest BCUT2D eigenvalue weighted by molar-refractivity contribution is -0.148. The molecule has 0 atom stereocenters. The number of para-hydroxylation sites is 2. The number of rotatable bonds is 7. The van der Waals surface area contributed by atoms with E-state index in [2.05, 4.69) is 5.32 Å². The van der Waals surface area contributed by atoms with Gasteiger partial charge in [-0.2, -0.15) is 11.8 Å². The number of hydrogen-bond donors (Lipinski definition) is 2. The number of carboxylic acids is 1. The lowest BCUT2D eigenvalue weighted by atomic mass is 9.92. The third kappa shape index (κ3) is 4.54. The van der Waals surface area contributed by atoms with Crippen molar-refractivity contribution in [2.45, 2.75) is 25.3 Å². The van der Waals surface area contributed by atoms with Crippen molar-refractivity contribution in [1.29, 1.82) is 0 Å². The molecule has 0 spiro atoms. The average molecular weight is 339 g/mol. The zero-order chi connectivity index (χ0) is 16.7. The van der Waals surface area contributed by atoms with Gasteiger partial charge in [0.15, 0.2) is 18.1 Å². The van der Waals surface area contributed by atoms with E-state index in [1.165, 1.54) is 0 Å². The standard InChI is InChI=1S/C16H21NO5S/c1-2-21-12-5-3-4-6-13(12)22-11-14(18)17-16(15(19)20)7-9-23-10-8-16/h3-6H,2,7-11H2,1H3,(H,17,18)(H,19,20). The van der Waals surface area contributed by atoms with Crippen LogP contribution in [0, 0.1) is 0 Å². The molecule has 1 aromatic rings. The molecule has 23 heavy (non-hydrogen) atoms. The molecule has 2 N–H and O–H groups in total. The molecule has 1 aliphatic heterocycles. The van der Waals surface area contributed by atoms with Gasteiger partial charge in [-0.25, -0.2) is 4.79 Å². The van der Waals surface area contributed by atoms with Crippen LogP contribution in [0.2, 0.25) is 0 Å². The Morgan fingerprint density at radius 2 is 1.83 bits per heavy atom. The van der Waals surface area contributed by atoms with Gasteiger partial charge in [-0.05, 0) is 43.4 Å². The summed E-state index contributed by atoms with van der Waals surface area (Å²) in [6.07, 6.45) is 0.850. The fourth-order valence-electron chi connectivity index (χ4n) is 2.40. The topological polar surface area (TPSA) is 84.9 Å². The molecule has 6 nitrogen and oxygen atoms in total. The van der Waals surface area contributed by atoms with Crippen molar-refractivity contribution in [2.75, 3.05) is 24.7 Å². The van der Waals surface area contributed by atoms with Gasteiger partial charge in [0.1, 0.15) is 5.54 Å². The summed E-state index contributed by atoms with van der Waals surface area (Å²) in [6, 6.07) is 7.07. The summed E-state index contributed by atoms with van der Waals surface area (Å²) in [5.74, 6) is 1.05. The van der Waals surface area contributed by atoms with Gasteiger partial charge in [0, 0.05) is 0 Å². The van der Waals surface area contributed by atoms with Crippen LogP contribution < -0.4 is 14.8 Å². The number of aliphatic carboxylic acids is 1. The first-order valence-electron chi connectivity index (χ1n) is 7.54. The van der Waals surface area contributed by atoms with E-state index in [1.54, 1.807) is 30.0 Å². The number of thioether (sulfide) groups is 1. The number of amides is 1. The van der Waals surface area contributed by atoms with Crippen LogP contribution in [0.4, 0.5) is 0 Å². The van der Waals surface area contributed by atoms with Gasteiger partial charge in [-0.15, -0.1) is 0 Å². The average Bonchev–Trinajstić information content (AvgIpc) is 2.55. The molecule has 0 saturated carbocycles. The Morgan fingerprint density at radius 1 is 1.22 bits per heavy atom. The minimum Gasteiger partial charge on any atom is -0.490 e. The summed E-state index contributed by atoms with van der Waals surface area (Å²) in [5, 5.41) is 12.1. The summed E-state index contributed by atoms with van der Waals surface area (Å²) in [6.45, 7) is 2.11. The van der Waals surface area contributed by atoms with Crippen molar-refractivity contribution in [2.24, 2.45) is 0 Å². The molecular formula is C16H21NO5S. The number of carboxylic acid groups (broad SMARTS) is 1. The van der Waals surface area contributed by atoms with Crippen LogP contribution in [-0.4, -0.2) is 47.2 Å². The van der Waals surface area contributed by atoms with Gasteiger partial charge in [0.25, 0.3) is 5.91 Å². The Kier molecular flexibility index (Phi) is 6.15. The van der Waals surface area contributed by atoms with Crippen molar-refractivity contribution in [1.82, 2.24) is 5.32 Å². The van der Waals surface area contributed by atoms with E-state index in [-0.39, 0.29) is 6.61 Å². The Bertz CT molecular complexity index is 557. The monoisotopic (exact) mass is 339 g/mol. The van der Waals surface area contributed by atoms with Crippen molar-refractivity contribution < 1.29 is 24.2 Å². The summed E-state index contributed by atoms with van der Waals surface area (Å²) < 4.78 is 10.9. The van der Waals surface area contributed by atoms with Crippen LogP contribution >= 0.6 is 11.8 Å². The molecule has 1 aliphatic rings. The van der Waals surface area contributed by atoms with E-state index in [0.29, 0.717) is 30.9 Å². The lowest BCUT2D eigenvalue weighted by Crippen LogP contribution is -2.57. The molecule has 0 bridgehead atoms. The van der Waals surface area contributed by atoms with Crippen LogP contribution in [-0.2, 0) is 9.59 Å². The van der Waals surface area contributed by atoms with E-state index >= 15 is 0 Å². The quantitative estimate of drug-likeness (QED) is 0.790. The maximum absolute atomic E-state index is 12.1. The Labute approximate surface area is 139 Å². The molecule has 1 amide bonds. The molecule has 0 aliphatic carbocycles. The van der Waals surface area contributed by atoms with Gasteiger partial charge in [-0.3, -0.25) is 4.79 Å². The highest BCUT2D eigenvalue weighted by molar-refractivity contribution is 7.99. The molecule has 1 heterocycles. The van der Waals surface area contributed by atoms with Crippen LogP contribution in [0.1, 0.15) is 19.8 Å². The summed E-state index contributed by atoms with van der Waals surface area (Å²) in [7, 11) is 0. The number of nitrogens with one attached hydrogen (secondary N) is 1. The number of benzene rings is 1. The normalized spacial score (nSPS) is 16.4. The zero-order valence-electron chi connectivity index (χ0n) is 13.0. The van der Waals surface area contributed by atoms with Gasteiger partial charge >= 0.3 is 5.97 Å². The van der Waals surface area contributed by atoms with Gasteiger partial charge < -0.3 is 19.9 Å². The Morgan fingerprint density at radius 3 is 2.39 bits per heavy atom. The fraction of sp³-hybridized carbons (Fsp3) is 0.500. The van der Waals surface area contributed by atoms with E-state index in [0.717, 1.165) is 11.5 Å². The van der Waals surface area contributed by atoms with Crippen LogP contribution in [0.3, 0.4) is 0 Å². The largest absolute Gasteiger partial charge is 0.490 e. The summed E-state index contributed by atoms with van der Waals surface area (Å²) in [4.78, 5) is 23.7. The maximum Gasteiger partial charge on any atom is 0.329 e. The second-order valence-corrected chi connectivity index (χ2v) is 6.44. The second-order valence-electron chi connectivity index (χ2n) is 5.22. The van der Waals surface area contributed by atoms with Crippen molar-refractivity contribution in [3.8, 4) is 11.5 Å². The maximum atomic E-state index is 12.1. The van der Waals surface area contributed by atoms with Crippen LogP contribution in [0.25, 0.3) is 0 Å². The molecule has 0 unspecified atom stereocenters. The van der Waals surface area contributed by atoms with E-state index in [1.807, 2.05) is 13.0 Å². The van der Waals surface area contributed by atoms with Crippen molar-refractivity contribution in [3.05, 3.63) is 24.3 Å².